The molecule has 11 heteroatoms. The van der Waals surface area contributed by atoms with E-state index in [2.05, 4.69) is 0 Å². The maximum absolute atomic E-state index is 13.3. The molecule has 0 radical (unpaired) electrons. The number of hydrogen-bond donors (Lipinski definition) is 0. The predicted molar refractivity (Wildman–Crippen MR) is 111 cm³/mol. The lowest BCUT2D eigenvalue weighted by molar-refractivity contribution is -0.385. The Morgan fingerprint density at radius 1 is 1.06 bits per heavy atom. The Labute approximate surface area is 183 Å². The first-order chi connectivity index (χ1) is 14.9. The number of benzene rings is 2. The quantitative estimate of drug-likeness (QED) is 0.472. The molecule has 31 heavy (non-hydrogen) atoms. The second-order valence-electron chi connectivity index (χ2n) is 6.47. The summed E-state index contributed by atoms with van der Waals surface area (Å²) < 4.78 is 15.9. The fourth-order valence-electron chi connectivity index (χ4n) is 3.27. The second-order valence-corrected chi connectivity index (χ2v) is 6.88. The highest BCUT2D eigenvalue weighted by molar-refractivity contribution is 6.32. The highest BCUT2D eigenvalue weighted by atomic mass is 35.5. The van der Waals surface area contributed by atoms with Crippen molar-refractivity contribution in [3.63, 3.8) is 0 Å². The van der Waals surface area contributed by atoms with Crippen molar-refractivity contribution in [2.75, 3.05) is 33.9 Å². The van der Waals surface area contributed by atoms with Gasteiger partial charge in [0.05, 0.1) is 24.2 Å². The smallest absolute Gasteiger partial charge is 0.310 e. The average molecular weight is 450 g/mol. The minimum Gasteiger partial charge on any atom is -0.496 e. The van der Waals surface area contributed by atoms with Crippen molar-refractivity contribution in [2.24, 2.45) is 0 Å². The third kappa shape index (κ3) is 4.48. The first-order valence-corrected chi connectivity index (χ1v) is 9.65. The van der Waals surface area contributed by atoms with Gasteiger partial charge in [-0.15, -0.1) is 0 Å². The minimum absolute atomic E-state index is 0.0314. The Bertz CT molecular complexity index is 1010. The molecule has 0 atom stereocenters. The summed E-state index contributed by atoms with van der Waals surface area (Å²) in [5, 5.41) is 13.9. The summed E-state index contributed by atoms with van der Waals surface area (Å²) >= 11 is 6.16. The molecule has 0 bridgehead atoms. The van der Waals surface area contributed by atoms with E-state index in [-0.39, 0.29) is 46.6 Å². The van der Waals surface area contributed by atoms with Crippen LogP contribution in [-0.2, 0) is 4.79 Å². The van der Waals surface area contributed by atoms with Gasteiger partial charge in [-0.3, -0.25) is 19.7 Å². The topological polar surface area (TPSA) is 111 Å². The van der Waals surface area contributed by atoms with E-state index in [1.54, 1.807) is 12.1 Å². The van der Waals surface area contributed by atoms with Gasteiger partial charge in [0.25, 0.3) is 11.8 Å². The summed E-state index contributed by atoms with van der Waals surface area (Å²) in [5.41, 5.74) is -0.158. The Morgan fingerprint density at radius 2 is 1.77 bits per heavy atom. The Balaban J connectivity index is 1.80. The number of nitro groups is 1. The zero-order chi connectivity index (χ0) is 22.5. The van der Waals surface area contributed by atoms with Crippen LogP contribution in [0.4, 0.5) is 5.69 Å². The van der Waals surface area contributed by atoms with E-state index >= 15 is 0 Å². The van der Waals surface area contributed by atoms with Gasteiger partial charge in [0.2, 0.25) is 0 Å². The molecule has 2 aromatic carbocycles. The zero-order valence-electron chi connectivity index (χ0n) is 16.9. The zero-order valence-corrected chi connectivity index (χ0v) is 17.6. The number of methoxy groups -OCH3 is 2. The van der Waals surface area contributed by atoms with E-state index in [9.17, 15) is 19.7 Å². The van der Waals surface area contributed by atoms with Crippen molar-refractivity contribution >= 4 is 29.1 Å². The molecular formula is C20H20ClN3O7. The Hall–Kier alpha value is -3.53. The molecule has 10 nitrogen and oxygen atoms in total. The lowest BCUT2D eigenvalue weighted by atomic mass is 10.1. The van der Waals surface area contributed by atoms with Crippen LogP contribution in [0.5, 0.6) is 17.2 Å². The maximum atomic E-state index is 13.3. The molecule has 0 aromatic heterocycles. The third-order valence-corrected chi connectivity index (χ3v) is 4.97. The summed E-state index contributed by atoms with van der Waals surface area (Å²) in [4.78, 5) is 36.6. The van der Waals surface area contributed by atoms with Crippen LogP contribution in [0.3, 0.4) is 0 Å². The van der Waals surface area contributed by atoms with Gasteiger partial charge in [-0.2, -0.15) is 0 Å². The average Bonchev–Trinajstić information content (AvgIpc) is 3.27. The molecule has 0 N–H and O–H groups in total. The predicted octanol–water partition coefficient (Wildman–Crippen LogP) is 2.93. The van der Waals surface area contributed by atoms with Gasteiger partial charge in [0.1, 0.15) is 11.3 Å². The molecule has 164 valence electrons. The number of amides is 2. The number of nitro benzene ring substituents is 1. The number of ether oxygens (including phenoxy) is 3. The van der Waals surface area contributed by atoms with Crippen molar-refractivity contribution in [1.29, 1.82) is 0 Å². The van der Waals surface area contributed by atoms with E-state index < -0.39 is 23.3 Å². The van der Waals surface area contributed by atoms with Crippen LogP contribution in [0, 0.1) is 10.1 Å². The van der Waals surface area contributed by atoms with E-state index in [1.807, 2.05) is 0 Å². The number of rotatable bonds is 7. The fraction of sp³-hybridized carbons (Fsp3) is 0.300. The monoisotopic (exact) mass is 449 g/mol. The van der Waals surface area contributed by atoms with Crippen molar-refractivity contribution in [2.45, 2.75) is 6.42 Å². The number of nitrogens with zero attached hydrogens (tertiary/aromatic N) is 3. The summed E-state index contributed by atoms with van der Waals surface area (Å²) in [6.07, 6.45) is 0.550. The van der Waals surface area contributed by atoms with Crippen LogP contribution < -0.4 is 14.2 Å². The Kier molecular flexibility index (Phi) is 6.81. The van der Waals surface area contributed by atoms with Gasteiger partial charge in [-0.25, -0.2) is 10.0 Å². The first-order valence-electron chi connectivity index (χ1n) is 9.27. The van der Waals surface area contributed by atoms with Crippen molar-refractivity contribution in [3.05, 3.63) is 57.1 Å². The van der Waals surface area contributed by atoms with Crippen molar-refractivity contribution in [1.82, 2.24) is 10.0 Å². The molecule has 1 fully saturated rings. The SMILES string of the molecule is COc1ccc(Cl)c(OC)c1C(=O)N1CCCN1C(=O)COc1ccccc1[N+](=O)[O-]. The largest absolute Gasteiger partial charge is 0.496 e. The molecule has 2 amide bonds. The van der Waals surface area contributed by atoms with Crippen molar-refractivity contribution < 1.29 is 28.7 Å². The number of para-hydroxylation sites is 2. The first kappa shape index (κ1) is 22.2. The normalized spacial score (nSPS) is 13.1. The lowest BCUT2D eigenvalue weighted by Gasteiger charge is -2.29. The molecule has 0 spiro atoms. The van der Waals surface area contributed by atoms with Gasteiger partial charge in [0, 0.05) is 19.2 Å². The fourth-order valence-corrected chi connectivity index (χ4v) is 3.50. The second kappa shape index (κ2) is 9.52. The van der Waals surface area contributed by atoms with E-state index in [1.165, 1.54) is 48.5 Å². The van der Waals surface area contributed by atoms with E-state index in [0.717, 1.165) is 0 Å². The standard InChI is InChI=1S/C20H20ClN3O7/c1-29-16-9-8-13(21)19(30-2)18(16)20(26)23-11-5-10-22(23)17(25)12-31-15-7-4-3-6-14(15)24(27)28/h3-4,6-9H,5,10-12H2,1-2H3. The third-order valence-electron chi connectivity index (χ3n) is 4.68. The van der Waals surface area contributed by atoms with E-state index in [0.29, 0.717) is 6.42 Å². The number of carbonyl (C=O) groups excluding carboxylic acids is 2. The van der Waals surface area contributed by atoms with E-state index in [4.69, 9.17) is 25.8 Å². The molecule has 1 aliphatic rings. The van der Waals surface area contributed by atoms with Crippen LogP contribution in [-0.4, -0.2) is 60.7 Å². The van der Waals surface area contributed by atoms with Crippen LogP contribution in [0.25, 0.3) is 0 Å². The van der Waals surface area contributed by atoms with Gasteiger partial charge in [-0.05, 0) is 24.6 Å². The van der Waals surface area contributed by atoms with Gasteiger partial charge >= 0.3 is 5.69 Å². The highest BCUT2D eigenvalue weighted by Gasteiger charge is 2.35. The molecule has 0 saturated carbocycles. The maximum Gasteiger partial charge on any atom is 0.310 e. The molecular weight excluding hydrogens is 430 g/mol. The van der Waals surface area contributed by atoms with Crippen LogP contribution in [0.1, 0.15) is 16.8 Å². The molecule has 1 aliphatic heterocycles. The Morgan fingerprint density at radius 3 is 2.45 bits per heavy atom. The molecule has 1 heterocycles. The minimum atomic E-state index is -0.594. The van der Waals surface area contributed by atoms with Gasteiger partial charge in [-0.1, -0.05) is 23.7 Å². The van der Waals surface area contributed by atoms with Crippen LogP contribution in [0.2, 0.25) is 5.02 Å². The number of carbonyl (C=O) groups is 2. The molecule has 3 rings (SSSR count). The molecule has 2 aromatic rings. The van der Waals surface area contributed by atoms with Gasteiger partial charge < -0.3 is 14.2 Å². The molecule has 0 aliphatic carbocycles. The van der Waals surface area contributed by atoms with Crippen molar-refractivity contribution in [3.8, 4) is 17.2 Å². The summed E-state index contributed by atoms with van der Waals surface area (Å²) in [7, 11) is 2.79. The molecule has 1 saturated heterocycles. The van der Waals surface area contributed by atoms with Crippen LogP contribution >= 0.6 is 11.6 Å². The number of hydrazine groups is 1. The molecule has 0 unspecified atom stereocenters. The van der Waals surface area contributed by atoms with Gasteiger partial charge in [0.15, 0.2) is 18.1 Å². The summed E-state index contributed by atoms with van der Waals surface area (Å²) in [6, 6.07) is 8.83. The summed E-state index contributed by atoms with van der Waals surface area (Å²) in [5.74, 6) is -0.684. The highest BCUT2D eigenvalue weighted by Crippen LogP contribution is 2.37. The summed E-state index contributed by atoms with van der Waals surface area (Å²) in [6.45, 7) is 0.101. The number of halogens is 1. The lowest BCUT2D eigenvalue weighted by Crippen LogP contribution is -2.46. The number of hydrogen-bond acceptors (Lipinski definition) is 7. The van der Waals surface area contributed by atoms with Crippen LogP contribution in [0.15, 0.2) is 36.4 Å².